The summed E-state index contributed by atoms with van der Waals surface area (Å²) in [5.74, 6) is -1.04. The van der Waals surface area contributed by atoms with Crippen molar-refractivity contribution in [3.63, 3.8) is 0 Å². The van der Waals surface area contributed by atoms with Crippen molar-refractivity contribution in [2.75, 3.05) is 6.54 Å². The zero-order valence-corrected chi connectivity index (χ0v) is 13.2. The van der Waals surface area contributed by atoms with Crippen LogP contribution in [0.15, 0.2) is 0 Å². The maximum atomic E-state index is 11.8. The average molecular weight is 298 g/mol. The predicted molar refractivity (Wildman–Crippen MR) is 83.3 cm³/mol. The summed E-state index contributed by atoms with van der Waals surface area (Å²) >= 11 is 0. The summed E-state index contributed by atoms with van der Waals surface area (Å²) < 4.78 is 0. The Morgan fingerprint density at radius 3 is 2.52 bits per heavy atom. The molecule has 1 rings (SSSR count). The molecule has 5 heteroatoms. The monoisotopic (exact) mass is 298 g/mol. The summed E-state index contributed by atoms with van der Waals surface area (Å²) in [6.45, 7) is 2.90. The zero-order chi connectivity index (χ0) is 15.5. The first-order chi connectivity index (χ1) is 10.1. The van der Waals surface area contributed by atoms with E-state index in [2.05, 4.69) is 17.6 Å². The van der Waals surface area contributed by atoms with Gasteiger partial charge in [-0.25, -0.2) is 4.79 Å². The summed E-state index contributed by atoms with van der Waals surface area (Å²) in [6.07, 6.45) is 10.3. The first-order valence-electron chi connectivity index (χ1n) is 8.40. The van der Waals surface area contributed by atoms with Crippen LogP contribution in [0.4, 0.5) is 4.79 Å². The minimum atomic E-state index is -0.742. The quantitative estimate of drug-likeness (QED) is 0.571. The third-order valence-corrected chi connectivity index (χ3v) is 4.17. The van der Waals surface area contributed by atoms with Crippen molar-refractivity contribution in [3.05, 3.63) is 0 Å². The highest BCUT2D eigenvalue weighted by Crippen LogP contribution is 2.24. The number of amides is 2. The van der Waals surface area contributed by atoms with E-state index in [1.165, 1.54) is 25.7 Å². The fourth-order valence-electron chi connectivity index (χ4n) is 2.89. The first-order valence-corrected chi connectivity index (χ1v) is 8.40. The summed E-state index contributed by atoms with van der Waals surface area (Å²) in [5.41, 5.74) is 0. The Hall–Kier alpha value is -1.26. The maximum Gasteiger partial charge on any atom is 0.315 e. The van der Waals surface area contributed by atoms with Crippen molar-refractivity contribution in [2.45, 2.75) is 77.2 Å². The molecule has 1 aliphatic rings. The molecule has 0 aromatic rings. The fourth-order valence-corrected chi connectivity index (χ4v) is 2.89. The molecule has 1 fully saturated rings. The summed E-state index contributed by atoms with van der Waals surface area (Å²) in [6, 6.07) is -0.149. The molecule has 1 saturated carbocycles. The number of hydrogen-bond donors (Lipinski definition) is 3. The highest BCUT2D eigenvalue weighted by Gasteiger charge is 2.27. The van der Waals surface area contributed by atoms with Gasteiger partial charge in [-0.2, -0.15) is 0 Å². The lowest BCUT2D eigenvalue weighted by molar-refractivity contribution is -0.143. The van der Waals surface area contributed by atoms with Crippen LogP contribution in [0.1, 0.15) is 71.1 Å². The van der Waals surface area contributed by atoms with E-state index in [1.807, 2.05) is 0 Å². The predicted octanol–water partition coefficient (Wildman–Crippen LogP) is 3.29. The van der Waals surface area contributed by atoms with Crippen LogP contribution >= 0.6 is 0 Å². The van der Waals surface area contributed by atoms with E-state index >= 15 is 0 Å². The van der Waals surface area contributed by atoms with Crippen LogP contribution in [0.25, 0.3) is 0 Å². The van der Waals surface area contributed by atoms with Crippen LogP contribution in [0.5, 0.6) is 0 Å². The highest BCUT2D eigenvalue weighted by atomic mass is 16.4. The number of carbonyl (C=O) groups excluding carboxylic acids is 1. The molecule has 0 bridgehead atoms. The second kappa shape index (κ2) is 10.5. The number of rotatable bonds is 9. The van der Waals surface area contributed by atoms with Gasteiger partial charge in [0.25, 0.3) is 0 Å². The topological polar surface area (TPSA) is 78.4 Å². The number of unbranched alkanes of at least 4 members (excludes halogenated alkanes) is 5. The summed E-state index contributed by atoms with van der Waals surface area (Å²) in [4.78, 5) is 22.7. The Bertz CT molecular complexity index is 321. The summed E-state index contributed by atoms with van der Waals surface area (Å²) in [7, 11) is 0. The standard InChI is InChI=1S/C16H30N2O3/c1-2-3-4-5-6-7-11-17-16(21)18-14-10-8-9-13(12-14)15(19)20/h13-14H,2-12H2,1H3,(H,19,20)(H2,17,18,21). The van der Waals surface area contributed by atoms with Crippen LogP contribution in [-0.4, -0.2) is 29.7 Å². The Balaban J connectivity index is 2.06. The normalized spacial score (nSPS) is 21.8. The zero-order valence-electron chi connectivity index (χ0n) is 13.2. The molecule has 2 atom stereocenters. The SMILES string of the molecule is CCCCCCCCNC(=O)NC1CCCC(C(=O)O)C1. The van der Waals surface area contributed by atoms with E-state index < -0.39 is 5.97 Å². The Kier molecular flexibility index (Phi) is 8.87. The van der Waals surface area contributed by atoms with Crippen molar-refractivity contribution in [1.82, 2.24) is 10.6 Å². The van der Waals surface area contributed by atoms with Crippen molar-refractivity contribution in [2.24, 2.45) is 5.92 Å². The Morgan fingerprint density at radius 1 is 1.10 bits per heavy atom. The van der Waals surface area contributed by atoms with Gasteiger partial charge in [0.05, 0.1) is 5.92 Å². The molecule has 5 nitrogen and oxygen atoms in total. The molecule has 0 aromatic carbocycles. The molecular weight excluding hydrogens is 268 g/mol. The van der Waals surface area contributed by atoms with Crippen LogP contribution in [0.3, 0.4) is 0 Å². The molecule has 0 saturated heterocycles. The average Bonchev–Trinajstić information content (AvgIpc) is 2.46. The van der Waals surface area contributed by atoms with Gasteiger partial charge in [0.15, 0.2) is 0 Å². The van der Waals surface area contributed by atoms with Crippen molar-refractivity contribution < 1.29 is 14.7 Å². The lowest BCUT2D eigenvalue weighted by Gasteiger charge is -2.27. The van der Waals surface area contributed by atoms with Gasteiger partial charge >= 0.3 is 12.0 Å². The number of carboxylic acid groups (broad SMARTS) is 1. The minimum absolute atomic E-state index is 0.00408. The number of urea groups is 1. The van der Waals surface area contributed by atoms with Gasteiger partial charge in [0, 0.05) is 12.6 Å². The maximum absolute atomic E-state index is 11.8. The van der Waals surface area contributed by atoms with Gasteiger partial charge < -0.3 is 15.7 Å². The molecule has 21 heavy (non-hydrogen) atoms. The first kappa shape index (κ1) is 17.8. The van der Waals surface area contributed by atoms with E-state index in [0.717, 1.165) is 32.1 Å². The molecule has 0 aliphatic heterocycles. The number of aliphatic carboxylic acids is 1. The molecule has 3 N–H and O–H groups in total. The molecular formula is C16H30N2O3. The largest absolute Gasteiger partial charge is 0.481 e. The van der Waals surface area contributed by atoms with Gasteiger partial charge in [-0.15, -0.1) is 0 Å². The number of hydrogen-bond acceptors (Lipinski definition) is 2. The third-order valence-electron chi connectivity index (χ3n) is 4.17. The van der Waals surface area contributed by atoms with Crippen LogP contribution in [0.2, 0.25) is 0 Å². The summed E-state index contributed by atoms with van der Waals surface area (Å²) in [5, 5.41) is 14.8. The van der Waals surface area contributed by atoms with Crippen molar-refractivity contribution in [3.8, 4) is 0 Å². The Morgan fingerprint density at radius 2 is 1.81 bits per heavy atom. The van der Waals surface area contributed by atoms with Gasteiger partial charge in [0.2, 0.25) is 0 Å². The molecule has 1 aliphatic carbocycles. The fraction of sp³-hybridized carbons (Fsp3) is 0.875. The number of carboxylic acids is 1. The molecule has 0 radical (unpaired) electrons. The molecule has 0 aromatic heterocycles. The van der Waals surface area contributed by atoms with Gasteiger partial charge in [-0.05, 0) is 25.7 Å². The third kappa shape index (κ3) is 7.93. The van der Waals surface area contributed by atoms with Crippen LogP contribution in [-0.2, 0) is 4.79 Å². The van der Waals surface area contributed by atoms with Crippen LogP contribution in [0, 0.1) is 5.92 Å². The Labute approximate surface area is 127 Å². The second-order valence-electron chi connectivity index (χ2n) is 6.07. The molecule has 122 valence electrons. The molecule has 2 unspecified atom stereocenters. The molecule has 2 amide bonds. The van der Waals surface area contributed by atoms with Crippen molar-refractivity contribution >= 4 is 12.0 Å². The van der Waals surface area contributed by atoms with Crippen molar-refractivity contribution in [1.29, 1.82) is 0 Å². The lowest BCUT2D eigenvalue weighted by Crippen LogP contribution is -2.45. The van der Waals surface area contributed by atoms with Gasteiger partial charge in [-0.1, -0.05) is 45.4 Å². The minimum Gasteiger partial charge on any atom is -0.481 e. The molecule has 0 spiro atoms. The van der Waals surface area contributed by atoms with E-state index in [1.54, 1.807) is 0 Å². The smallest absolute Gasteiger partial charge is 0.315 e. The number of carbonyl (C=O) groups is 2. The van der Waals surface area contributed by atoms with E-state index in [9.17, 15) is 9.59 Å². The second-order valence-corrected chi connectivity index (χ2v) is 6.07. The van der Waals surface area contributed by atoms with E-state index in [-0.39, 0.29) is 18.0 Å². The van der Waals surface area contributed by atoms with Gasteiger partial charge in [-0.3, -0.25) is 4.79 Å². The van der Waals surface area contributed by atoms with Gasteiger partial charge in [0.1, 0.15) is 0 Å². The molecule has 0 heterocycles. The number of nitrogens with one attached hydrogen (secondary N) is 2. The highest BCUT2D eigenvalue weighted by molar-refractivity contribution is 5.74. The van der Waals surface area contributed by atoms with Crippen LogP contribution < -0.4 is 10.6 Å². The van der Waals surface area contributed by atoms with E-state index in [0.29, 0.717) is 13.0 Å². The lowest BCUT2D eigenvalue weighted by atomic mass is 9.86. The van der Waals surface area contributed by atoms with E-state index in [4.69, 9.17) is 5.11 Å².